The van der Waals surface area contributed by atoms with E-state index in [2.05, 4.69) is 10.1 Å². The number of methoxy groups -OCH3 is 1. The number of halogens is 1. The van der Waals surface area contributed by atoms with E-state index in [9.17, 15) is 14.4 Å². The Morgan fingerprint density at radius 3 is 2.29 bits per heavy atom. The van der Waals surface area contributed by atoms with Gasteiger partial charge in [-0.25, -0.2) is 9.59 Å². The molecule has 0 aromatic rings. The molecular weight excluding hydrogens is 248 g/mol. The molecule has 0 rings (SSSR count). The molecular formula is C10H17ClN2O4. The second-order valence-corrected chi connectivity index (χ2v) is 4.13. The number of alkyl halides is 1. The lowest BCUT2D eigenvalue weighted by atomic mass is 10.0. The highest BCUT2D eigenvalue weighted by molar-refractivity contribution is 6.28. The summed E-state index contributed by atoms with van der Waals surface area (Å²) in [7, 11) is 1.24. The van der Waals surface area contributed by atoms with Crippen LogP contribution in [0.2, 0.25) is 0 Å². The number of carbonyl (C=O) groups is 3. The third-order valence-corrected chi connectivity index (χ3v) is 2.12. The van der Waals surface area contributed by atoms with Crippen LogP contribution in [0.4, 0.5) is 4.79 Å². The molecule has 0 spiro atoms. The molecule has 0 bridgehead atoms. The van der Waals surface area contributed by atoms with Crippen molar-refractivity contribution in [3.05, 3.63) is 0 Å². The fourth-order valence-electron chi connectivity index (χ4n) is 1.18. The van der Waals surface area contributed by atoms with E-state index < -0.39 is 23.9 Å². The molecule has 98 valence electrons. The number of nitrogens with one attached hydrogen (secondary N) is 2. The highest BCUT2D eigenvalue weighted by atomic mass is 35.5. The van der Waals surface area contributed by atoms with E-state index >= 15 is 0 Å². The summed E-state index contributed by atoms with van der Waals surface area (Å²) in [6.45, 7) is 3.80. The van der Waals surface area contributed by atoms with Gasteiger partial charge in [-0.2, -0.15) is 0 Å². The third kappa shape index (κ3) is 6.78. The second kappa shape index (κ2) is 7.89. The van der Waals surface area contributed by atoms with Crippen molar-refractivity contribution in [1.29, 1.82) is 0 Å². The van der Waals surface area contributed by atoms with Crippen molar-refractivity contribution in [1.82, 2.24) is 10.6 Å². The summed E-state index contributed by atoms with van der Waals surface area (Å²) < 4.78 is 4.55. The number of ether oxygens (including phenoxy) is 1. The lowest BCUT2D eigenvalue weighted by Gasteiger charge is -2.18. The monoisotopic (exact) mass is 264 g/mol. The Hall–Kier alpha value is -1.30. The van der Waals surface area contributed by atoms with Crippen LogP contribution >= 0.6 is 11.6 Å². The normalized spacial score (nSPS) is 11.8. The van der Waals surface area contributed by atoms with Crippen molar-refractivity contribution in [3.8, 4) is 0 Å². The SMILES string of the molecule is COC(=O)C(CC(C)C)NC(=O)NC(=O)CCl. The van der Waals surface area contributed by atoms with Gasteiger partial charge in [0, 0.05) is 0 Å². The van der Waals surface area contributed by atoms with Crippen molar-refractivity contribution in [2.75, 3.05) is 13.0 Å². The zero-order valence-corrected chi connectivity index (χ0v) is 10.8. The maximum absolute atomic E-state index is 11.4. The highest BCUT2D eigenvalue weighted by Crippen LogP contribution is 2.05. The lowest BCUT2D eigenvalue weighted by Crippen LogP contribution is -2.48. The van der Waals surface area contributed by atoms with E-state index in [-0.39, 0.29) is 11.8 Å². The predicted molar refractivity (Wildman–Crippen MR) is 62.7 cm³/mol. The Morgan fingerprint density at radius 1 is 1.29 bits per heavy atom. The largest absolute Gasteiger partial charge is 0.467 e. The van der Waals surface area contributed by atoms with Crippen molar-refractivity contribution in [2.45, 2.75) is 26.3 Å². The molecule has 0 heterocycles. The van der Waals surface area contributed by atoms with E-state index in [1.54, 1.807) is 0 Å². The average molecular weight is 265 g/mol. The standard InChI is InChI=1S/C10H17ClN2O4/c1-6(2)4-7(9(15)17-3)12-10(16)13-8(14)5-11/h6-7H,4-5H2,1-3H3,(H2,12,13,14,16). The maximum Gasteiger partial charge on any atom is 0.328 e. The molecule has 2 N–H and O–H groups in total. The number of amides is 3. The number of hydrogen-bond donors (Lipinski definition) is 2. The molecule has 1 atom stereocenters. The van der Waals surface area contributed by atoms with Gasteiger partial charge in [0.1, 0.15) is 11.9 Å². The van der Waals surface area contributed by atoms with Gasteiger partial charge in [-0.1, -0.05) is 13.8 Å². The summed E-state index contributed by atoms with van der Waals surface area (Å²) in [5.41, 5.74) is 0. The first-order valence-electron chi connectivity index (χ1n) is 5.14. The molecule has 0 fully saturated rings. The topological polar surface area (TPSA) is 84.5 Å². The van der Waals surface area contributed by atoms with Gasteiger partial charge in [0.25, 0.3) is 0 Å². The molecule has 0 aliphatic rings. The Morgan fingerprint density at radius 2 is 1.88 bits per heavy atom. The number of imide groups is 1. The maximum atomic E-state index is 11.4. The summed E-state index contributed by atoms with van der Waals surface area (Å²) in [5.74, 6) is -1.30. The van der Waals surface area contributed by atoms with Gasteiger partial charge in [0.2, 0.25) is 5.91 Å². The minimum Gasteiger partial charge on any atom is -0.467 e. The van der Waals surface area contributed by atoms with Crippen molar-refractivity contribution in [2.24, 2.45) is 5.92 Å². The number of esters is 1. The molecule has 0 saturated heterocycles. The molecule has 0 aromatic heterocycles. The first kappa shape index (κ1) is 15.7. The van der Waals surface area contributed by atoms with E-state index in [0.29, 0.717) is 6.42 Å². The van der Waals surface area contributed by atoms with Gasteiger partial charge in [0.15, 0.2) is 0 Å². The zero-order valence-electron chi connectivity index (χ0n) is 10.1. The van der Waals surface area contributed by atoms with Crippen LogP contribution in [0, 0.1) is 5.92 Å². The first-order valence-corrected chi connectivity index (χ1v) is 5.68. The van der Waals surface area contributed by atoms with Gasteiger partial charge < -0.3 is 10.1 Å². The predicted octanol–water partition coefficient (Wildman–Crippen LogP) is 0.639. The van der Waals surface area contributed by atoms with Crippen LogP contribution in [0.25, 0.3) is 0 Å². The molecule has 6 nitrogen and oxygen atoms in total. The van der Waals surface area contributed by atoms with E-state index in [1.165, 1.54) is 7.11 Å². The van der Waals surface area contributed by atoms with E-state index in [0.717, 1.165) is 0 Å². The third-order valence-electron chi connectivity index (χ3n) is 1.87. The smallest absolute Gasteiger partial charge is 0.328 e. The molecule has 0 aliphatic carbocycles. The number of rotatable bonds is 5. The highest BCUT2D eigenvalue weighted by Gasteiger charge is 2.23. The average Bonchev–Trinajstić information content (AvgIpc) is 2.26. The zero-order chi connectivity index (χ0) is 13.4. The van der Waals surface area contributed by atoms with Crippen LogP contribution in [0.5, 0.6) is 0 Å². The van der Waals surface area contributed by atoms with Gasteiger partial charge in [-0.15, -0.1) is 11.6 Å². The minimum atomic E-state index is -0.775. The fraction of sp³-hybridized carbons (Fsp3) is 0.700. The van der Waals surface area contributed by atoms with Crippen LogP contribution in [0.3, 0.4) is 0 Å². The van der Waals surface area contributed by atoms with Gasteiger partial charge in [-0.3, -0.25) is 10.1 Å². The number of hydrogen-bond acceptors (Lipinski definition) is 4. The number of urea groups is 1. The van der Waals surface area contributed by atoms with Crippen molar-refractivity contribution < 1.29 is 19.1 Å². The summed E-state index contributed by atoms with van der Waals surface area (Å²) in [6.07, 6.45) is 0.426. The molecule has 0 aromatic carbocycles. The molecule has 0 aliphatic heterocycles. The van der Waals surface area contributed by atoms with Crippen LogP contribution in [-0.2, 0) is 14.3 Å². The summed E-state index contributed by atoms with van der Waals surface area (Å²) >= 11 is 5.22. The van der Waals surface area contributed by atoms with Crippen molar-refractivity contribution >= 4 is 29.5 Å². The number of carbonyl (C=O) groups excluding carboxylic acids is 3. The van der Waals surface area contributed by atoms with E-state index in [1.807, 2.05) is 19.2 Å². The van der Waals surface area contributed by atoms with E-state index in [4.69, 9.17) is 11.6 Å². The Balaban J connectivity index is 4.37. The Kier molecular flexibility index (Phi) is 7.29. The van der Waals surface area contributed by atoms with Crippen LogP contribution in [0.1, 0.15) is 20.3 Å². The molecule has 17 heavy (non-hydrogen) atoms. The molecule has 1 unspecified atom stereocenters. The lowest BCUT2D eigenvalue weighted by molar-refractivity contribution is -0.143. The van der Waals surface area contributed by atoms with Crippen LogP contribution in [0.15, 0.2) is 0 Å². The quantitative estimate of drug-likeness (QED) is 0.564. The minimum absolute atomic E-state index is 0.197. The first-order chi connectivity index (χ1) is 7.90. The van der Waals surface area contributed by atoms with Crippen molar-refractivity contribution in [3.63, 3.8) is 0 Å². The molecule has 0 saturated carbocycles. The summed E-state index contributed by atoms with van der Waals surface area (Å²) in [4.78, 5) is 33.5. The molecule has 0 radical (unpaired) electrons. The molecule has 3 amide bonds. The summed E-state index contributed by atoms with van der Waals surface area (Å²) in [6, 6.07) is -1.53. The van der Waals surface area contributed by atoms with Gasteiger partial charge >= 0.3 is 12.0 Å². The van der Waals surface area contributed by atoms with Crippen LogP contribution < -0.4 is 10.6 Å². The Bertz CT molecular complexity index is 294. The summed E-state index contributed by atoms with van der Waals surface area (Å²) in [5, 5.41) is 4.34. The Labute approximate surface area is 105 Å². The fourth-order valence-corrected chi connectivity index (χ4v) is 1.25. The van der Waals surface area contributed by atoms with Crippen LogP contribution in [-0.4, -0.2) is 36.9 Å². The van der Waals surface area contributed by atoms with Gasteiger partial charge in [0.05, 0.1) is 7.11 Å². The van der Waals surface area contributed by atoms with Gasteiger partial charge in [-0.05, 0) is 12.3 Å². The second-order valence-electron chi connectivity index (χ2n) is 3.86. The molecule has 7 heteroatoms.